The lowest BCUT2D eigenvalue weighted by atomic mass is 9.93. The van der Waals surface area contributed by atoms with E-state index in [1.54, 1.807) is 0 Å². The van der Waals surface area contributed by atoms with Gasteiger partial charge < -0.3 is 0 Å². The third kappa shape index (κ3) is 4.42. The number of halogens is 16. The van der Waals surface area contributed by atoms with Crippen LogP contribution in [0.4, 0.5) is 57.1 Å². The fourth-order valence-corrected chi connectivity index (χ4v) is 2.39. The molecule has 0 fully saturated rings. The van der Waals surface area contributed by atoms with Gasteiger partial charge in [-0.15, -0.1) is 0 Å². The van der Waals surface area contributed by atoms with Crippen molar-refractivity contribution in [2.24, 2.45) is 0 Å². The fourth-order valence-electron chi connectivity index (χ4n) is 1.20. The molecular weight excluding hydrogens is 481 g/mol. The van der Waals surface area contributed by atoms with Gasteiger partial charge in [0.25, 0.3) is 0 Å². The van der Waals surface area contributed by atoms with Crippen LogP contribution in [0.15, 0.2) is 0 Å². The van der Waals surface area contributed by atoms with E-state index in [2.05, 4.69) is 0 Å². The second-order valence-corrected chi connectivity index (χ2v) is 12.0. The molecule has 25 heavy (non-hydrogen) atoms. The van der Waals surface area contributed by atoms with Crippen molar-refractivity contribution >= 4 is 39.7 Å². The highest BCUT2D eigenvalue weighted by atomic mass is 36.2. The van der Waals surface area contributed by atoms with Crippen LogP contribution in [0.5, 0.6) is 0 Å². The Bertz CT molecular complexity index is 481. The predicted octanol–water partition coefficient (Wildman–Crippen LogP) is 7.38. The lowest BCUT2D eigenvalue weighted by molar-refractivity contribution is -0.439. The van der Waals surface area contributed by atoms with Crippen LogP contribution in [0.1, 0.15) is 6.42 Å². The van der Waals surface area contributed by atoms with Crippen LogP contribution >= 0.6 is 39.7 Å². The molecule has 0 atom stereocenters. The van der Waals surface area contributed by atoms with E-state index in [0.717, 1.165) is 0 Å². The summed E-state index contributed by atoms with van der Waals surface area (Å²) < 4.78 is 165. The van der Waals surface area contributed by atoms with Gasteiger partial charge in [-0.25, -0.2) is 0 Å². The summed E-state index contributed by atoms with van der Waals surface area (Å²) in [6.07, 6.45) is -9.94. The molecule has 0 aromatic rings. The number of rotatable bonds is 7. The molecule has 0 aliphatic rings. The van der Waals surface area contributed by atoms with Gasteiger partial charge in [0.1, 0.15) is 0 Å². The zero-order valence-corrected chi connectivity index (χ0v) is 14.0. The normalized spacial score (nSPS) is 17.0. The van der Waals surface area contributed by atoms with Crippen LogP contribution in [0, 0.1) is 0 Å². The third-order valence-electron chi connectivity index (χ3n) is 2.65. The number of hydrogen-bond donors (Lipinski definition) is 0. The zero-order valence-electron chi connectivity index (χ0n) is 10.9. The molecule has 0 bridgehead atoms. The lowest BCUT2D eigenvalue weighted by Crippen LogP contribution is -2.70. The van der Waals surface area contributed by atoms with Gasteiger partial charge in [0.15, 0.2) is 0 Å². The highest BCUT2D eigenvalue weighted by molar-refractivity contribution is 8.79. The Kier molecular flexibility index (Phi) is 6.81. The van der Waals surface area contributed by atoms with Crippen LogP contribution in [-0.2, 0) is 0 Å². The number of alkyl halides is 13. The first-order chi connectivity index (χ1) is 10.5. The van der Waals surface area contributed by atoms with Crippen molar-refractivity contribution in [1.29, 1.82) is 0 Å². The Hall–Kier alpha value is 0.310. The van der Waals surface area contributed by atoms with Crippen molar-refractivity contribution in [1.82, 2.24) is 0 Å². The molecular formula is C8H4Cl3F13S. The summed E-state index contributed by atoms with van der Waals surface area (Å²) in [7, 11) is 11.3. The van der Waals surface area contributed by atoms with Gasteiger partial charge in [-0.1, -0.05) is 0 Å². The summed E-state index contributed by atoms with van der Waals surface area (Å²) >= 11 is 0. The summed E-state index contributed by atoms with van der Waals surface area (Å²) in [4.78, 5) is 0. The maximum Gasteiger partial charge on any atom is 0.460 e. The molecule has 0 unspecified atom stereocenters. The second-order valence-electron chi connectivity index (χ2n) is 4.46. The number of hydrogen-bond acceptors (Lipinski definition) is 0. The van der Waals surface area contributed by atoms with Gasteiger partial charge in [-0.2, -0.15) is 57.1 Å². The third-order valence-corrected chi connectivity index (χ3v) is 4.70. The summed E-state index contributed by atoms with van der Waals surface area (Å²) in [6.45, 7) is 0. The Labute approximate surface area is 145 Å². The van der Waals surface area contributed by atoms with Crippen molar-refractivity contribution in [2.75, 3.05) is 5.75 Å². The van der Waals surface area contributed by atoms with Crippen molar-refractivity contribution < 1.29 is 57.1 Å². The first-order valence-corrected chi connectivity index (χ1v) is 9.59. The van der Waals surface area contributed by atoms with Crippen molar-refractivity contribution in [3.63, 3.8) is 0 Å². The van der Waals surface area contributed by atoms with E-state index in [-0.39, 0.29) is 0 Å². The first kappa shape index (κ1) is 25.3. The molecule has 0 spiro atoms. The zero-order chi connectivity index (χ0) is 20.9. The standard InChI is InChI=1S/C8H4Cl3F13S/c9-25(10,11)2-1-3(12,13)4(14,15)5(16,17)6(18,19)7(20,21)8(22,23)24/h1-2H2. The average Bonchev–Trinajstić information content (AvgIpc) is 2.33. The molecule has 17 heteroatoms. The minimum atomic E-state index is -7.92. The minimum absolute atomic E-state index is 1.56. The largest absolute Gasteiger partial charge is 0.460 e. The van der Waals surface area contributed by atoms with Crippen molar-refractivity contribution in [2.45, 2.75) is 42.2 Å². The van der Waals surface area contributed by atoms with Gasteiger partial charge in [0.05, 0.1) is 0 Å². The highest BCUT2D eigenvalue weighted by Gasteiger charge is 2.90. The molecule has 0 nitrogen and oxygen atoms in total. The molecule has 0 amide bonds. The summed E-state index contributed by atoms with van der Waals surface area (Å²) in [6, 6.07) is 0. The molecule has 0 heterocycles. The Morgan fingerprint density at radius 2 is 0.840 bits per heavy atom. The van der Waals surface area contributed by atoms with Gasteiger partial charge >= 0.3 is 35.8 Å². The molecule has 0 rings (SSSR count). The van der Waals surface area contributed by atoms with Gasteiger partial charge in [0, 0.05) is 12.2 Å². The molecule has 0 radical (unpaired) electrons. The van der Waals surface area contributed by atoms with Gasteiger partial charge in [-0.3, -0.25) is 0 Å². The molecule has 0 aliphatic carbocycles. The predicted molar refractivity (Wildman–Crippen MR) is 65.4 cm³/mol. The maximum atomic E-state index is 13.2. The summed E-state index contributed by atoms with van der Waals surface area (Å²) in [5, 5.41) is 0. The van der Waals surface area contributed by atoms with Gasteiger partial charge in [-0.05, 0) is 39.7 Å². The average molecular weight is 486 g/mol. The Balaban J connectivity index is 6.03. The molecule has 0 aromatic carbocycles. The van der Waals surface area contributed by atoms with Crippen LogP contribution in [-0.4, -0.2) is 41.5 Å². The fraction of sp³-hybridized carbons (Fsp3) is 1.00. The summed E-state index contributed by atoms with van der Waals surface area (Å²) in [5.41, 5.74) is 0. The first-order valence-electron chi connectivity index (χ1n) is 5.31. The van der Waals surface area contributed by atoms with E-state index < -0.39 is 55.6 Å². The van der Waals surface area contributed by atoms with E-state index >= 15 is 0 Å². The smallest absolute Gasteiger partial charge is 0.200 e. The van der Waals surface area contributed by atoms with Crippen LogP contribution in [0.25, 0.3) is 0 Å². The second kappa shape index (κ2) is 6.73. The molecule has 0 N–H and O–H groups in total. The van der Waals surface area contributed by atoms with Crippen LogP contribution in [0.3, 0.4) is 0 Å². The molecule has 154 valence electrons. The molecule has 0 saturated heterocycles. The van der Waals surface area contributed by atoms with E-state index in [1.807, 2.05) is 0 Å². The Morgan fingerprint density at radius 1 is 0.520 bits per heavy atom. The lowest BCUT2D eigenvalue weighted by Gasteiger charge is -2.40. The van der Waals surface area contributed by atoms with E-state index in [9.17, 15) is 57.1 Å². The molecule has 0 aliphatic heterocycles. The van der Waals surface area contributed by atoms with E-state index in [0.29, 0.717) is 0 Å². The Morgan fingerprint density at radius 3 is 1.12 bits per heavy atom. The van der Waals surface area contributed by atoms with E-state index in [1.165, 1.54) is 0 Å². The summed E-state index contributed by atoms with van der Waals surface area (Å²) in [5.74, 6) is -38.6. The highest BCUT2D eigenvalue weighted by Crippen LogP contribution is 2.66. The van der Waals surface area contributed by atoms with Crippen molar-refractivity contribution in [3.05, 3.63) is 0 Å². The minimum Gasteiger partial charge on any atom is -0.200 e. The van der Waals surface area contributed by atoms with E-state index in [4.69, 9.17) is 32.0 Å². The topological polar surface area (TPSA) is 0 Å². The van der Waals surface area contributed by atoms with Crippen LogP contribution in [0.2, 0.25) is 0 Å². The molecule has 0 saturated carbocycles. The van der Waals surface area contributed by atoms with Crippen LogP contribution < -0.4 is 0 Å². The van der Waals surface area contributed by atoms with Crippen molar-refractivity contribution in [3.8, 4) is 0 Å². The van der Waals surface area contributed by atoms with Gasteiger partial charge in [0.2, 0.25) is 0 Å². The quantitative estimate of drug-likeness (QED) is 0.330. The SMILES string of the molecule is FC(F)(F)C(F)(F)C(F)(F)C(F)(F)C(F)(F)C(F)(F)CCS(Cl)(Cl)Cl. The maximum absolute atomic E-state index is 13.2. The monoisotopic (exact) mass is 484 g/mol. The molecule has 0 aromatic heterocycles.